The third-order valence-electron chi connectivity index (χ3n) is 5.22. The lowest BCUT2D eigenvalue weighted by atomic mass is 9.65. The van der Waals surface area contributed by atoms with Gasteiger partial charge in [-0.05, 0) is 13.1 Å². The van der Waals surface area contributed by atoms with Gasteiger partial charge >= 0.3 is 0 Å². The minimum atomic E-state index is -0.976. The summed E-state index contributed by atoms with van der Waals surface area (Å²) in [6.07, 6.45) is -0.0997. The van der Waals surface area contributed by atoms with Crippen molar-refractivity contribution in [3.63, 3.8) is 0 Å². The van der Waals surface area contributed by atoms with Crippen LogP contribution in [0.3, 0.4) is 0 Å². The summed E-state index contributed by atoms with van der Waals surface area (Å²) >= 11 is 0. The molecule has 3 heterocycles. The second-order valence-corrected chi connectivity index (χ2v) is 6.37. The molecule has 0 bridgehead atoms. The van der Waals surface area contributed by atoms with Crippen LogP contribution in [-0.2, 0) is 5.60 Å². The largest absolute Gasteiger partial charge is 0.487 e. The van der Waals surface area contributed by atoms with Crippen molar-refractivity contribution in [2.75, 3.05) is 33.7 Å². The van der Waals surface area contributed by atoms with Gasteiger partial charge in [0.15, 0.2) is 11.0 Å². The first-order valence-electron chi connectivity index (χ1n) is 7.00. The summed E-state index contributed by atoms with van der Waals surface area (Å²) in [5, 5.41) is 11.5. The molecule has 3 aliphatic heterocycles. The molecule has 5 heteroatoms. The molecule has 20 heavy (non-hydrogen) atoms. The van der Waals surface area contributed by atoms with Crippen molar-refractivity contribution in [3.8, 4) is 5.75 Å². The molecule has 3 atom stereocenters. The molecular formula is C15H20N3O2+. The van der Waals surface area contributed by atoms with E-state index in [4.69, 9.17) is 10.5 Å². The maximum absolute atomic E-state index is 11.5. The SMILES string of the molecule is CN1C[C@@H]2Oc3ccccc3[C@@]3(O)C[N+](C)=C(N)[C@@]23C1. The Bertz CT molecular complexity index is 629. The van der Waals surface area contributed by atoms with E-state index in [0.717, 1.165) is 30.2 Å². The van der Waals surface area contributed by atoms with E-state index in [0.29, 0.717) is 6.54 Å². The van der Waals surface area contributed by atoms with Crippen LogP contribution in [0.2, 0.25) is 0 Å². The van der Waals surface area contributed by atoms with Crippen LogP contribution in [0.1, 0.15) is 5.56 Å². The first kappa shape index (κ1) is 12.2. The summed E-state index contributed by atoms with van der Waals surface area (Å²) in [6.45, 7) is 2.02. The molecule has 4 rings (SSSR count). The quantitative estimate of drug-likeness (QED) is 0.631. The number of para-hydroxylation sites is 1. The van der Waals surface area contributed by atoms with Crippen molar-refractivity contribution in [1.82, 2.24) is 4.90 Å². The fourth-order valence-electron chi connectivity index (χ4n) is 4.32. The highest BCUT2D eigenvalue weighted by Gasteiger charge is 2.73. The molecule has 5 nitrogen and oxygen atoms in total. The highest BCUT2D eigenvalue weighted by atomic mass is 16.5. The van der Waals surface area contributed by atoms with Crippen molar-refractivity contribution in [2.24, 2.45) is 11.1 Å². The van der Waals surface area contributed by atoms with Gasteiger partial charge in [0.1, 0.15) is 18.4 Å². The van der Waals surface area contributed by atoms with Gasteiger partial charge in [-0.3, -0.25) is 10.3 Å². The van der Waals surface area contributed by atoms with Gasteiger partial charge in [0.05, 0.1) is 7.05 Å². The summed E-state index contributed by atoms with van der Waals surface area (Å²) in [5.41, 5.74) is 5.74. The van der Waals surface area contributed by atoms with E-state index >= 15 is 0 Å². The van der Waals surface area contributed by atoms with Crippen LogP contribution in [0.4, 0.5) is 0 Å². The average Bonchev–Trinajstić information content (AvgIpc) is 2.84. The second-order valence-electron chi connectivity index (χ2n) is 6.37. The highest BCUT2D eigenvalue weighted by Crippen LogP contribution is 2.56. The number of ether oxygens (including phenoxy) is 1. The Morgan fingerprint density at radius 2 is 2.20 bits per heavy atom. The molecule has 0 radical (unpaired) electrons. The van der Waals surface area contributed by atoms with Gasteiger partial charge in [-0.15, -0.1) is 0 Å². The number of hydrogen-bond donors (Lipinski definition) is 2. The number of benzene rings is 1. The van der Waals surface area contributed by atoms with Gasteiger partial charge in [0.25, 0.3) is 5.84 Å². The van der Waals surface area contributed by atoms with Crippen LogP contribution in [0.5, 0.6) is 5.75 Å². The molecule has 0 aromatic heterocycles. The molecule has 0 unspecified atom stereocenters. The van der Waals surface area contributed by atoms with Crippen molar-refractivity contribution in [3.05, 3.63) is 29.8 Å². The first-order valence-corrected chi connectivity index (χ1v) is 7.00. The summed E-state index contributed by atoms with van der Waals surface area (Å²) < 4.78 is 8.16. The maximum Gasteiger partial charge on any atom is 0.257 e. The van der Waals surface area contributed by atoms with E-state index in [1.54, 1.807) is 0 Å². The third-order valence-corrected chi connectivity index (χ3v) is 5.22. The Hall–Kier alpha value is -1.59. The van der Waals surface area contributed by atoms with E-state index in [9.17, 15) is 5.11 Å². The van der Waals surface area contributed by atoms with Gasteiger partial charge < -0.3 is 14.7 Å². The average molecular weight is 274 g/mol. The molecule has 0 amide bonds. The smallest absolute Gasteiger partial charge is 0.257 e. The van der Waals surface area contributed by atoms with Crippen molar-refractivity contribution < 1.29 is 14.4 Å². The monoisotopic (exact) mass is 274 g/mol. The minimum absolute atomic E-state index is 0.0997. The highest BCUT2D eigenvalue weighted by molar-refractivity contribution is 5.87. The molecule has 1 aromatic carbocycles. The molecule has 1 aromatic rings. The lowest BCUT2D eigenvalue weighted by Gasteiger charge is -2.44. The Balaban J connectivity index is 2.00. The number of hydrogen-bond acceptors (Lipinski definition) is 4. The number of rotatable bonds is 0. The predicted octanol–water partition coefficient (Wildman–Crippen LogP) is -0.420. The van der Waals surface area contributed by atoms with E-state index in [2.05, 4.69) is 4.90 Å². The van der Waals surface area contributed by atoms with Gasteiger partial charge in [-0.2, -0.15) is 0 Å². The second kappa shape index (κ2) is 3.54. The molecule has 0 saturated carbocycles. The van der Waals surface area contributed by atoms with Crippen LogP contribution in [0, 0.1) is 5.41 Å². The maximum atomic E-state index is 11.5. The van der Waals surface area contributed by atoms with Gasteiger partial charge in [0, 0.05) is 18.7 Å². The zero-order valence-electron chi connectivity index (χ0n) is 11.8. The van der Waals surface area contributed by atoms with Crippen LogP contribution in [0.15, 0.2) is 24.3 Å². The van der Waals surface area contributed by atoms with E-state index in [1.165, 1.54) is 0 Å². The molecule has 3 N–H and O–H groups in total. The fraction of sp³-hybridized carbons (Fsp3) is 0.533. The number of nitrogens with zero attached hydrogens (tertiary/aromatic N) is 2. The summed E-state index contributed by atoms with van der Waals surface area (Å²) in [6, 6.07) is 7.78. The Morgan fingerprint density at radius 3 is 3.00 bits per heavy atom. The number of aliphatic hydroxyl groups is 1. The number of β-amino-alcohol motifs (C(OH)–C–C–N with tert-alkyl or cyclic N) is 1. The Kier molecular flexibility index (Phi) is 2.15. The standard InChI is InChI=1S/C15H19N3O2/c1-17-7-12-14(8-17)13(16)18(2)9-15(14,19)10-5-3-4-6-11(10)20-12/h3-6,12,16,19H,7-9H2,1-2H3/p+1/t12-,14+,15-/m0/s1. The normalized spacial score (nSPS) is 39.2. The van der Waals surface area contributed by atoms with Crippen molar-refractivity contribution in [1.29, 1.82) is 0 Å². The summed E-state index contributed by atoms with van der Waals surface area (Å²) in [7, 11) is 3.99. The van der Waals surface area contributed by atoms with Gasteiger partial charge in [0.2, 0.25) is 0 Å². The number of likely N-dealkylation sites (tertiary alicyclic amines) is 1. The van der Waals surface area contributed by atoms with Crippen LogP contribution >= 0.6 is 0 Å². The number of likely N-dealkylation sites (N-methyl/N-ethyl adjacent to an activating group) is 2. The lowest BCUT2D eigenvalue weighted by molar-refractivity contribution is -0.505. The van der Waals surface area contributed by atoms with Crippen LogP contribution < -0.4 is 10.5 Å². The predicted molar refractivity (Wildman–Crippen MR) is 74.9 cm³/mol. The van der Waals surface area contributed by atoms with Gasteiger partial charge in [-0.25, -0.2) is 0 Å². The molecule has 3 aliphatic rings. The lowest BCUT2D eigenvalue weighted by Crippen LogP contribution is -2.61. The topological polar surface area (TPSA) is 61.7 Å². The number of fused-ring (bicyclic) bond motifs is 2. The zero-order chi connectivity index (χ0) is 14.1. The molecule has 1 fully saturated rings. The zero-order valence-corrected chi connectivity index (χ0v) is 11.8. The molecule has 0 aliphatic carbocycles. The van der Waals surface area contributed by atoms with E-state index in [1.807, 2.05) is 42.9 Å². The Morgan fingerprint density at radius 1 is 1.45 bits per heavy atom. The van der Waals surface area contributed by atoms with Crippen molar-refractivity contribution in [2.45, 2.75) is 11.7 Å². The summed E-state index contributed by atoms with van der Waals surface area (Å²) in [4.78, 5) is 2.19. The Labute approximate surface area is 118 Å². The number of amidine groups is 1. The molecule has 106 valence electrons. The number of nitrogens with two attached hydrogens (primary N) is 1. The minimum Gasteiger partial charge on any atom is -0.487 e. The van der Waals surface area contributed by atoms with E-state index in [-0.39, 0.29) is 6.10 Å². The summed E-state index contributed by atoms with van der Waals surface area (Å²) in [5.74, 6) is 1.53. The fourth-order valence-corrected chi connectivity index (χ4v) is 4.32. The van der Waals surface area contributed by atoms with Crippen molar-refractivity contribution >= 4 is 5.84 Å². The van der Waals surface area contributed by atoms with Crippen LogP contribution in [-0.4, -0.2) is 60.3 Å². The van der Waals surface area contributed by atoms with E-state index < -0.39 is 11.0 Å². The van der Waals surface area contributed by atoms with Gasteiger partial charge in [-0.1, -0.05) is 18.2 Å². The molecule has 1 saturated heterocycles. The first-order chi connectivity index (χ1) is 9.49. The third kappa shape index (κ3) is 1.14. The molecular weight excluding hydrogens is 254 g/mol. The van der Waals surface area contributed by atoms with Crippen LogP contribution in [0.25, 0.3) is 0 Å². The molecule has 1 spiro atoms.